The largest absolute Gasteiger partial charge is 0.465 e. The van der Waals surface area contributed by atoms with Crippen molar-refractivity contribution in [1.29, 1.82) is 0 Å². The van der Waals surface area contributed by atoms with Crippen molar-refractivity contribution in [3.8, 4) is 0 Å². The normalized spacial score (nSPS) is 10.6. The molecule has 0 atom stereocenters. The van der Waals surface area contributed by atoms with Crippen LogP contribution in [0.15, 0.2) is 51.7 Å². The van der Waals surface area contributed by atoms with E-state index in [1.165, 1.54) is 25.3 Å². The second-order valence-electron chi connectivity index (χ2n) is 5.95. The molecule has 0 saturated heterocycles. The van der Waals surface area contributed by atoms with E-state index in [9.17, 15) is 14.4 Å². The lowest BCUT2D eigenvalue weighted by Gasteiger charge is -2.08. The Morgan fingerprint density at radius 1 is 1.04 bits per heavy atom. The van der Waals surface area contributed by atoms with Crippen molar-refractivity contribution in [3.05, 3.63) is 75.1 Å². The number of hydrogen-bond acceptors (Lipinski definition) is 5. The van der Waals surface area contributed by atoms with Gasteiger partial charge in [-0.05, 0) is 55.3 Å². The summed E-state index contributed by atoms with van der Waals surface area (Å²) in [6.45, 7) is 3.72. The molecule has 0 aliphatic heterocycles. The summed E-state index contributed by atoms with van der Waals surface area (Å²) in [7, 11) is 1.29. The summed E-state index contributed by atoms with van der Waals surface area (Å²) in [6, 6.07) is 11.0. The van der Waals surface area contributed by atoms with E-state index in [1.807, 2.05) is 19.9 Å². The van der Waals surface area contributed by atoms with Crippen molar-refractivity contribution in [2.45, 2.75) is 13.8 Å². The number of carbonyl (C=O) groups is 2. The third-order valence-corrected chi connectivity index (χ3v) is 3.96. The van der Waals surface area contributed by atoms with Gasteiger partial charge in [-0.25, -0.2) is 4.79 Å². The van der Waals surface area contributed by atoms with Gasteiger partial charge in [-0.2, -0.15) is 0 Å². The lowest BCUT2D eigenvalue weighted by Crippen LogP contribution is -2.15. The minimum atomic E-state index is -0.547. The van der Waals surface area contributed by atoms with Gasteiger partial charge in [0.1, 0.15) is 5.58 Å². The summed E-state index contributed by atoms with van der Waals surface area (Å²) in [5.74, 6) is -1.09. The number of fused-ring (bicyclic) bond motifs is 1. The van der Waals surface area contributed by atoms with Crippen molar-refractivity contribution < 1.29 is 18.7 Å². The van der Waals surface area contributed by atoms with Crippen LogP contribution in [0, 0.1) is 13.8 Å². The average Bonchev–Trinajstić information content (AvgIpc) is 2.60. The number of esters is 1. The Labute approximate surface area is 149 Å². The highest BCUT2D eigenvalue weighted by Crippen LogP contribution is 2.19. The van der Waals surface area contributed by atoms with Crippen LogP contribution < -0.4 is 10.7 Å². The molecule has 0 unspecified atom stereocenters. The molecule has 0 aliphatic rings. The van der Waals surface area contributed by atoms with E-state index in [1.54, 1.807) is 18.2 Å². The van der Waals surface area contributed by atoms with E-state index in [0.29, 0.717) is 22.2 Å². The summed E-state index contributed by atoms with van der Waals surface area (Å²) in [5.41, 5.74) is 2.68. The number of anilines is 1. The summed E-state index contributed by atoms with van der Waals surface area (Å²) in [4.78, 5) is 36.2. The first-order chi connectivity index (χ1) is 12.4. The Bertz CT molecular complexity index is 1060. The Kier molecular flexibility index (Phi) is 4.58. The predicted octanol–water partition coefficient (Wildman–Crippen LogP) is 3.45. The zero-order valence-electron chi connectivity index (χ0n) is 14.6. The molecule has 132 valence electrons. The lowest BCUT2D eigenvalue weighted by atomic mass is 10.1. The summed E-state index contributed by atoms with van der Waals surface area (Å²) < 4.78 is 10.3. The molecule has 3 rings (SSSR count). The molecule has 0 radical (unpaired) electrons. The Hall–Kier alpha value is -3.41. The molecule has 1 aromatic heterocycles. The maximum Gasteiger partial charge on any atom is 0.337 e. The Morgan fingerprint density at radius 3 is 2.38 bits per heavy atom. The molecular weight excluding hydrogens is 334 g/mol. The highest BCUT2D eigenvalue weighted by molar-refractivity contribution is 6.03. The number of hydrogen-bond donors (Lipinski definition) is 1. The minimum absolute atomic E-state index is 0.0791. The van der Waals surface area contributed by atoms with Crippen LogP contribution >= 0.6 is 0 Å². The van der Waals surface area contributed by atoms with Crippen LogP contribution in [-0.4, -0.2) is 19.0 Å². The number of rotatable bonds is 3. The number of benzene rings is 2. The van der Waals surface area contributed by atoms with Gasteiger partial charge in [-0.3, -0.25) is 9.59 Å². The first kappa shape index (κ1) is 17.4. The van der Waals surface area contributed by atoms with E-state index in [0.717, 1.165) is 11.1 Å². The molecule has 2 aromatic carbocycles. The van der Waals surface area contributed by atoms with E-state index < -0.39 is 11.9 Å². The smallest absolute Gasteiger partial charge is 0.337 e. The van der Waals surface area contributed by atoms with Crippen molar-refractivity contribution in [2.24, 2.45) is 0 Å². The fourth-order valence-corrected chi connectivity index (χ4v) is 2.78. The summed E-state index contributed by atoms with van der Waals surface area (Å²) >= 11 is 0. The number of ether oxygens (including phenoxy) is 1. The predicted molar refractivity (Wildman–Crippen MR) is 97.7 cm³/mol. The monoisotopic (exact) mass is 351 g/mol. The topological polar surface area (TPSA) is 85.6 Å². The van der Waals surface area contributed by atoms with Gasteiger partial charge in [-0.1, -0.05) is 6.07 Å². The third kappa shape index (κ3) is 3.35. The number of amides is 1. The molecule has 0 fully saturated rings. The molecule has 0 bridgehead atoms. The summed E-state index contributed by atoms with van der Waals surface area (Å²) in [6.07, 6.45) is 0. The van der Waals surface area contributed by atoms with Crippen LogP contribution in [0.4, 0.5) is 5.69 Å². The molecule has 6 heteroatoms. The van der Waals surface area contributed by atoms with Gasteiger partial charge in [0.2, 0.25) is 0 Å². The molecule has 6 nitrogen and oxygen atoms in total. The molecule has 0 spiro atoms. The van der Waals surface area contributed by atoms with Crippen molar-refractivity contribution in [3.63, 3.8) is 0 Å². The van der Waals surface area contributed by atoms with Crippen LogP contribution in [0.25, 0.3) is 11.0 Å². The van der Waals surface area contributed by atoms with Crippen LogP contribution in [-0.2, 0) is 4.74 Å². The zero-order valence-corrected chi connectivity index (χ0v) is 14.6. The van der Waals surface area contributed by atoms with Crippen LogP contribution in [0.5, 0.6) is 0 Å². The Balaban J connectivity index is 1.90. The molecule has 0 aliphatic carbocycles. The van der Waals surface area contributed by atoms with Gasteiger partial charge >= 0.3 is 5.97 Å². The SMILES string of the molecule is COC(=O)c1ccc(NC(=O)c2cc(=O)c3c(C)cc(C)cc3o2)cc1. The molecule has 1 N–H and O–H groups in total. The van der Waals surface area contributed by atoms with Crippen LogP contribution in [0.3, 0.4) is 0 Å². The van der Waals surface area contributed by atoms with Crippen molar-refractivity contribution >= 4 is 28.5 Å². The highest BCUT2D eigenvalue weighted by Gasteiger charge is 2.14. The van der Waals surface area contributed by atoms with Gasteiger partial charge in [0.25, 0.3) is 5.91 Å². The number of carbonyl (C=O) groups excluding carboxylic acids is 2. The van der Waals surface area contributed by atoms with Crippen molar-refractivity contribution in [2.75, 3.05) is 12.4 Å². The minimum Gasteiger partial charge on any atom is -0.465 e. The molecule has 0 saturated carbocycles. The van der Waals surface area contributed by atoms with Gasteiger partial charge in [-0.15, -0.1) is 0 Å². The number of methoxy groups -OCH3 is 1. The van der Waals surface area contributed by atoms with Gasteiger partial charge < -0.3 is 14.5 Å². The average molecular weight is 351 g/mol. The lowest BCUT2D eigenvalue weighted by molar-refractivity contribution is 0.0600. The molecule has 26 heavy (non-hydrogen) atoms. The van der Waals surface area contributed by atoms with Crippen LogP contribution in [0.2, 0.25) is 0 Å². The van der Waals surface area contributed by atoms with E-state index in [4.69, 9.17) is 4.42 Å². The summed E-state index contributed by atoms with van der Waals surface area (Å²) in [5, 5.41) is 3.11. The molecule has 1 heterocycles. The van der Waals surface area contributed by atoms with E-state index in [-0.39, 0.29) is 11.2 Å². The third-order valence-electron chi connectivity index (χ3n) is 3.96. The second-order valence-corrected chi connectivity index (χ2v) is 5.95. The molecule has 3 aromatic rings. The quantitative estimate of drug-likeness (QED) is 0.731. The van der Waals surface area contributed by atoms with Crippen molar-refractivity contribution in [1.82, 2.24) is 0 Å². The standard InChI is InChI=1S/C20H17NO5/c1-11-8-12(2)18-15(22)10-17(26-16(18)9-11)19(23)21-14-6-4-13(5-7-14)20(24)25-3/h4-10H,1-3H3,(H,21,23). The fraction of sp³-hybridized carbons (Fsp3) is 0.150. The first-order valence-corrected chi connectivity index (χ1v) is 7.94. The fourth-order valence-electron chi connectivity index (χ4n) is 2.78. The maximum atomic E-state index is 12.4. The zero-order chi connectivity index (χ0) is 18.8. The molecule has 1 amide bonds. The van der Waals surface area contributed by atoms with Gasteiger partial charge in [0.15, 0.2) is 11.2 Å². The van der Waals surface area contributed by atoms with E-state index >= 15 is 0 Å². The van der Waals surface area contributed by atoms with E-state index in [2.05, 4.69) is 10.1 Å². The molecular formula is C20H17NO5. The first-order valence-electron chi connectivity index (χ1n) is 7.94. The second kappa shape index (κ2) is 6.84. The number of nitrogens with one attached hydrogen (secondary N) is 1. The maximum absolute atomic E-state index is 12.4. The Morgan fingerprint density at radius 2 is 1.73 bits per heavy atom. The van der Waals surface area contributed by atoms with Gasteiger partial charge in [0, 0.05) is 11.8 Å². The van der Waals surface area contributed by atoms with Gasteiger partial charge in [0.05, 0.1) is 18.1 Å². The highest BCUT2D eigenvalue weighted by atomic mass is 16.5. The van der Waals surface area contributed by atoms with Crippen LogP contribution in [0.1, 0.15) is 32.0 Å². The number of aryl methyl sites for hydroxylation is 2.